The quantitative estimate of drug-likeness (QED) is 0.447. The Hall–Kier alpha value is -0.830. The molecule has 2 rings (SSSR count). The molecule has 132 valence electrons. The molecule has 2 unspecified atom stereocenters. The van der Waals surface area contributed by atoms with E-state index in [9.17, 15) is 13.2 Å². The molecule has 24 heavy (non-hydrogen) atoms. The number of hydrogen-bond donors (Lipinski definition) is 1. The van der Waals surface area contributed by atoms with Crippen LogP contribution in [0.1, 0.15) is 26.3 Å². The average molecular weight is 434 g/mol. The van der Waals surface area contributed by atoms with Crippen LogP contribution in [0.5, 0.6) is 0 Å². The lowest BCUT2D eigenvalue weighted by molar-refractivity contribution is -0.154. The highest BCUT2D eigenvalue weighted by Gasteiger charge is 2.47. The van der Waals surface area contributed by atoms with Gasteiger partial charge in [0.25, 0.3) is 0 Å². The van der Waals surface area contributed by atoms with Gasteiger partial charge in [0.2, 0.25) is 10.0 Å². The van der Waals surface area contributed by atoms with E-state index in [-0.39, 0.29) is 4.90 Å². The van der Waals surface area contributed by atoms with Crippen molar-refractivity contribution in [2.75, 3.05) is 0 Å². The first-order valence-corrected chi connectivity index (χ1v) is 10.5. The summed E-state index contributed by atoms with van der Waals surface area (Å²) < 4.78 is 32.2. The zero-order valence-electron chi connectivity index (χ0n) is 13.9. The molecule has 1 heterocycles. The normalized spacial score (nSPS) is 24.1. The monoisotopic (exact) mass is 433 g/mol. The SMILES string of the molecule is Cc1ccccc1S(=O)(=O)NC1(Br)C=CSC1C(=O)OC(C)(C)C. The molecule has 0 bridgehead atoms. The van der Waals surface area contributed by atoms with E-state index in [1.54, 1.807) is 57.4 Å². The van der Waals surface area contributed by atoms with E-state index in [2.05, 4.69) is 20.7 Å². The number of benzene rings is 1. The summed E-state index contributed by atoms with van der Waals surface area (Å²) in [5, 5.41) is 0.930. The van der Waals surface area contributed by atoms with Crippen molar-refractivity contribution in [2.45, 2.75) is 47.9 Å². The van der Waals surface area contributed by atoms with Crippen LogP contribution in [0.4, 0.5) is 0 Å². The van der Waals surface area contributed by atoms with Gasteiger partial charge in [-0.05, 0) is 50.8 Å². The van der Waals surface area contributed by atoms with Gasteiger partial charge in [0.05, 0.1) is 4.90 Å². The number of hydrogen-bond acceptors (Lipinski definition) is 5. The summed E-state index contributed by atoms with van der Waals surface area (Å²) in [5.41, 5.74) is -0.0206. The summed E-state index contributed by atoms with van der Waals surface area (Å²) in [4.78, 5) is 12.6. The molecule has 0 fully saturated rings. The summed E-state index contributed by atoms with van der Waals surface area (Å²) >= 11 is 4.59. The predicted octanol–water partition coefficient (Wildman–Crippen LogP) is 3.34. The standard InChI is InChI=1S/C16H20BrNO4S2/c1-11-7-5-6-8-12(11)24(20,21)18-16(17)9-10-23-13(16)14(19)22-15(2,3)4/h5-10,13,18H,1-4H3. The van der Waals surface area contributed by atoms with Crippen LogP contribution in [0, 0.1) is 6.92 Å². The van der Waals surface area contributed by atoms with E-state index in [1.807, 2.05) is 0 Å². The number of halogens is 1. The third kappa shape index (κ3) is 4.41. The highest BCUT2D eigenvalue weighted by Crippen LogP contribution is 2.40. The molecule has 5 nitrogen and oxygen atoms in total. The topological polar surface area (TPSA) is 72.5 Å². The minimum atomic E-state index is -3.81. The van der Waals surface area contributed by atoms with Crippen molar-refractivity contribution in [3.63, 3.8) is 0 Å². The number of aryl methyl sites for hydroxylation is 1. The lowest BCUT2D eigenvalue weighted by atomic mass is 10.1. The fourth-order valence-corrected chi connectivity index (χ4v) is 6.13. The number of rotatable bonds is 4. The Morgan fingerprint density at radius 1 is 1.33 bits per heavy atom. The van der Waals surface area contributed by atoms with Gasteiger partial charge < -0.3 is 4.74 Å². The number of esters is 1. The van der Waals surface area contributed by atoms with Gasteiger partial charge in [0.15, 0.2) is 0 Å². The lowest BCUT2D eigenvalue weighted by Crippen LogP contribution is -2.51. The summed E-state index contributed by atoms with van der Waals surface area (Å²) in [5.74, 6) is -0.484. The van der Waals surface area contributed by atoms with Gasteiger partial charge in [0, 0.05) is 0 Å². The highest BCUT2D eigenvalue weighted by molar-refractivity contribution is 9.10. The second kappa shape index (κ2) is 6.82. The van der Waals surface area contributed by atoms with Crippen molar-refractivity contribution in [1.29, 1.82) is 0 Å². The Morgan fingerprint density at radius 2 is 1.96 bits per heavy atom. The number of sulfonamides is 1. The molecule has 0 aromatic heterocycles. The van der Waals surface area contributed by atoms with Gasteiger partial charge in [-0.15, -0.1) is 11.8 Å². The summed E-state index contributed by atoms with van der Waals surface area (Å²) in [6.45, 7) is 7.03. The van der Waals surface area contributed by atoms with E-state index < -0.39 is 31.3 Å². The van der Waals surface area contributed by atoms with E-state index in [0.29, 0.717) is 5.56 Å². The van der Waals surface area contributed by atoms with Crippen molar-refractivity contribution >= 4 is 43.7 Å². The molecule has 0 spiro atoms. The predicted molar refractivity (Wildman–Crippen MR) is 99.5 cm³/mol. The van der Waals surface area contributed by atoms with Crippen LogP contribution >= 0.6 is 27.7 Å². The van der Waals surface area contributed by atoms with Crippen molar-refractivity contribution in [1.82, 2.24) is 4.72 Å². The molecule has 0 aliphatic carbocycles. The minimum Gasteiger partial charge on any atom is -0.459 e. The van der Waals surface area contributed by atoms with Gasteiger partial charge in [0.1, 0.15) is 15.3 Å². The summed E-state index contributed by atoms with van der Waals surface area (Å²) in [6, 6.07) is 6.68. The Bertz CT molecular complexity index is 771. The number of thioether (sulfide) groups is 1. The fourth-order valence-electron chi connectivity index (χ4n) is 2.19. The number of ether oxygens (including phenoxy) is 1. The molecule has 1 aliphatic rings. The van der Waals surface area contributed by atoms with Crippen molar-refractivity contribution in [2.24, 2.45) is 0 Å². The zero-order chi connectivity index (χ0) is 18.2. The van der Waals surface area contributed by atoms with Crippen LogP contribution in [-0.4, -0.2) is 29.7 Å². The lowest BCUT2D eigenvalue weighted by Gasteiger charge is -2.30. The van der Waals surface area contributed by atoms with E-state index in [1.165, 1.54) is 17.8 Å². The number of nitrogens with one attached hydrogen (secondary N) is 1. The maximum atomic E-state index is 12.7. The van der Waals surface area contributed by atoms with Crippen molar-refractivity contribution < 1.29 is 17.9 Å². The molecule has 8 heteroatoms. The Morgan fingerprint density at radius 3 is 2.54 bits per heavy atom. The van der Waals surface area contributed by atoms with E-state index >= 15 is 0 Å². The van der Waals surface area contributed by atoms with Gasteiger partial charge >= 0.3 is 5.97 Å². The fraction of sp³-hybridized carbons (Fsp3) is 0.438. The van der Waals surface area contributed by atoms with E-state index in [0.717, 1.165) is 0 Å². The molecule has 1 aromatic rings. The van der Waals surface area contributed by atoms with Crippen LogP contribution in [0.3, 0.4) is 0 Å². The Balaban J connectivity index is 2.28. The second-order valence-electron chi connectivity index (χ2n) is 6.49. The van der Waals surface area contributed by atoms with Crippen LogP contribution in [-0.2, 0) is 19.6 Å². The number of alkyl halides is 1. The summed E-state index contributed by atoms with van der Waals surface area (Å²) in [6.07, 6.45) is 1.61. The third-order valence-corrected chi connectivity index (χ3v) is 7.46. The maximum Gasteiger partial charge on any atom is 0.323 e. The minimum absolute atomic E-state index is 0.178. The number of carbonyl (C=O) groups excluding carboxylic acids is 1. The molecule has 0 saturated carbocycles. The Kier molecular flexibility index (Phi) is 5.54. The third-order valence-electron chi connectivity index (χ3n) is 3.20. The Labute approximate surface area is 155 Å². The first-order chi connectivity index (χ1) is 10.9. The van der Waals surface area contributed by atoms with Gasteiger partial charge in [-0.25, -0.2) is 8.42 Å². The largest absolute Gasteiger partial charge is 0.459 e. The van der Waals surface area contributed by atoms with E-state index in [4.69, 9.17) is 4.74 Å². The van der Waals surface area contributed by atoms with Crippen LogP contribution in [0.2, 0.25) is 0 Å². The van der Waals surface area contributed by atoms with Crippen LogP contribution < -0.4 is 4.72 Å². The zero-order valence-corrected chi connectivity index (χ0v) is 17.1. The molecular weight excluding hydrogens is 414 g/mol. The molecule has 2 atom stereocenters. The van der Waals surface area contributed by atoms with Crippen molar-refractivity contribution in [3.8, 4) is 0 Å². The average Bonchev–Trinajstić information content (AvgIpc) is 2.77. The molecule has 0 amide bonds. The molecular formula is C16H20BrNO4S2. The summed E-state index contributed by atoms with van der Waals surface area (Å²) in [7, 11) is -3.81. The van der Waals surface area contributed by atoms with Gasteiger partial charge in [-0.2, -0.15) is 4.72 Å². The molecule has 0 radical (unpaired) electrons. The second-order valence-corrected chi connectivity index (χ2v) is 10.5. The van der Waals surface area contributed by atoms with Crippen molar-refractivity contribution in [3.05, 3.63) is 41.3 Å². The first-order valence-electron chi connectivity index (χ1n) is 7.29. The smallest absolute Gasteiger partial charge is 0.323 e. The maximum absolute atomic E-state index is 12.7. The molecule has 0 saturated heterocycles. The molecule has 1 aliphatic heterocycles. The van der Waals surface area contributed by atoms with Crippen LogP contribution in [0.25, 0.3) is 0 Å². The number of carbonyl (C=O) groups is 1. The van der Waals surface area contributed by atoms with Gasteiger partial charge in [-0.1, -0.05) is 34.1 Å². The molecule has 1 aromatic carbocycles. The first kappa shape index (κ1) is 19.5. The molecule has 1 N–H and O–H groups in total. The van der Waals surface area contributed by atoms with Crippen LogP contribution in [0.15, 0.2) is 40.6 Å². The highest BCUT2D eigenvalue weighted by atomic mass is 79.9. The van der Waals surface area contributed by atoms with Gasteiger partial charge in [-0.3, -0.25) is 4.79 Å².